The fourth-order valence-electron chi connectivity index (χ4n) is 7.68. The Kier molecular flexibility index (Phi) is 5.53. The van der Waals surface area contributed by atoms with E-state index in [9.17, 15) is 9.90 Å². The van der Waals surface area contributed by atoms with Gasteiger partial charge in [0.15, 0.2) is 11.5 Å². The molecule has 2 saturated carbocycles. The average molecular weight is 485 g/mol. The normalized spacial score (nSPS) is 33.1. The zero-order valence-corrected chi connectivity index (χ0v) is 21.6. The van der Waals surface area contributed by atoms with Crippen molar-refractivity contribution in [3.63, 3.8) is 0 Å². The highest BCUT2D eigenvalue weighted by atomic mass is 16.6. The number of rotatable bonds is 7. The first-order chi connectivity index (χ1) is 16.7. The zero-order chi connectivity index (χ0) is 24.5. The van der Waals surface area contributed by atoms with E-state index in [2.05, 4.69) is 10.2 Å². The molecule has 5 atom stereocenters. The fourth-order valence-corrected chi connectivity index (χ4v) is 7.68. The van der Waals surface area contributed by atoms with Crippen LogP contribution >= 0.6 is 0 Å². The lowest BCUT2D eigenvalue weighted by Crippen LogP contribution is -2.68. The van der Waals surface area contributed by atoms with Gasteiger partial charge in [-0.3, -0.25) is 9.69 Å². The van der Waals surface area contributed by atoms with Crippen LogP contribution in [0.3, 0.4) is 0 Å². The molecule has 1 aromatic rings. The number of aromatic hydroxyl groups is 1. The molecule has 0 unspecified atom stereocenters. The van der Waals surface area contributed by atoms with Gasteiger partial charge >= 0.3 is 5.97 Å². The Balaban J connectivity index is 1.30. The van der Waals surface area contributed by atoms with E-state index in [1.807, 2.05) is 20.8 Å². The summed E-state index contributed by atoms with van der Waals surface area (Å²) >= 11 is 0. The van der Waals surface area contributed by atoms with Crippen LogP contribution in [0.5, 0.6) is 17.2 Å². The van der Waals surface area contributed by atoms with Crippen molar-refractivity contribution in [1.29, 1.82) is 0 Å². The molecule has 6 rings (SSSR count). The van der Waals surface area contributed by atoms with E-state index in [0.29, 0.717) is 30.7 Å². The summed E-state index contributed by atoms with van der Waals surface area (Å²) in [6.07, 6.45) is 7.19. The maximum absolute atomic E-state index is 12.3. The predicted octanol–water partition coefficient (Wildman–Crippen LogP) is 3.54. The van der Waals surface area contributed by atoms with Crippen molar-refractivity contribution in [1.82, 2.24) is 10.2 Å². The van der Waals surface area contributed by atoms with Gasteiger partial charge in [-0.2, -0.15) is 0 Å². The number of ether oxygens (including phenoxy) is 3. The molecular weight excluding hydrogens is 444 g/mol. The number of nitrogens with zero attached hydrogens (tertiary/aromatic N) is 1. The van der Waals surface area contributed by atoms with Crippen LogP contribution in [0, 0.1) is 11.8 Å². The van der Waals surface area contributed by atoms with Gasteiger partial charge < -0.3 is 24.6 Å². The number of phenols is 1. The van der Waals surface area contributed by atoms with Crippen molar-refractivity contribution >= 4 is 5.97 Å². The Bertz CT molecular complexity index is 1020. The second kappa shape index (κ2) is 8.27. The van der Waals surface area contributed by atoms with Gasteiger partial charge in [0.2, 0.25) is 0 Å². The molecule has 7 heteroatoms. The fraction of sp³-hybridized carbons (Fsp3) is 0.750. The standard InChI is InChI=1S/C28H40N2O5/c1-27(2,3)35-23(32)9-11-29-19-8-7-18-20-13-17-22(33-4)14-21(31)25-24(17)28(18,26(19)34-25)10-12-30(20)15-16-5-6-16/h14,16,18-20,26,29,31H,5-13,15H2,1-4H3/t18-,19-,20+,26-,28-/m0/s1. The van der Waals surface area contributed by atoms with Crippen LogP contribution in [0.4, 0.5) is 0 Å². The van der Waals surface area contributed by atoms with Gasteiger partial charge in [-0.1, -0.05) is 0 Å². The third-order valence-electron chi connectivity index (χ3n) is 9.09. The van der Waals surface area contributed by atoms with E-state index >= 15 is 0 Å². The number of esters is 1. The summed E-state index contributed by atoms with van der Waals surface area (Å²) in [7, 11) is 1.70. The van der Waals surface area contributed by atoms with Gasteiger partial charge in [-0.05, 0) is 77.7 Å². The number of phenolic OH excluding ortho intramolecular Hbond substituents is 1. The predicted molar refractivity (Wildman–Crippen MR) is 132 cm³/mol. The van der Waals surface area contributed by atoms with Crippen molar-refractivity contribution < 1.29 is 24.1 Å². The van der Waals surface area contributed by atoms with Gasteiger partial charge in [-0.15, -0.1) is 0 Å². The van der Waals surface area contributed by atoms with Crippen LogP contribution in [0.1, 0.15) is 70.4 Å². The van der Waals surface area contributed by atoms with E-state index < -0.39 is 5.60 Å². The number of methoxy groups -OCH3 is 1. The molecule has 3 fully saturated rings. The summed E-state index contributed by atoms with van der Waals surface area (Å²) in [5, 5.41) is 14.6. The number of hydrogen-bond acceptors (Lipinski definition) is 7. The van der Waals surface area contributed by atoms with Gasteiger partial charge in [0.25, 0.3) is 0 Å². The highest BCUT2D eigenvalue weighted by molar-refractivity contribution is 5.70. The van der Waals surface area contributed by atoms with Crippen LogP contribution in [0.15, 0.2) is 6.07 Å². The topological polar surface area (TPSA) is 80.3 Å². The minimum Gasteiger partial charge on any atom is -0.504 e. The Labute approximate surface area is 208 Å². The van der Waals surface area contributed by atoms with Crippen LogP contribution in [-0.2, 0) is 21.4 Å². The average Bonchev–Trinajstić information content (AvgIpc) is 3.54. The number of likely N-dealkylation sites (tertiary alicyclic amines) is 1. The van der Waals surface area contributed by atoms with Crippen molar-refractivity contribution in [3.05, 3.63) is 17.2 Å². The molecule has 2 bridgehead atoms. The molecule has 0 radical (unpaired) electrons. The van der Waals surface area contributed by atoms with E-state index in [1.165, 1.54) is 30.5 Å². The van der Waals surface area contributed by atoms with Crippen LogP contribution in [-0.4, -0.2) is 66.5 Å². The van der Waals surface area contributed by atoms with Crippen LogP contribution < -0.4 is 14.8 Å². The van der Waals surface area contributed by atoms with E-state index in [4.69, 9.17) is 14.2 Å². The summed E-state index contributed by atoms with van der Waals surface area (Å²) in [4.78, 5) is 15.0. The lowest BCUT2D eigenvalue weighted by molar-refractivity contribution is -0.154. The molecule has 35 heavy (non-hydrogen) atoms. The first-order valence-corrected chi connectivity index (χ1v) is 13.5. The summed E-state index contributed by atoms with van der Waals surface area (Å²) in [5.41, 5.74) is 1.87. The van der Waals surface area contributed by atoms with Crippen molar-refractivity contribution in [3.8, 4) is 17.2 Å². The highest BCUT2D eigenvalue weighted by Gasteiger charge is 2.66. The van der Waals surface area contributed by atoms with Crippen molar-refractivity contribution in [2.45, 2.75) is 94.9 Å². The summed E-state index contributed by atoms with van der Waals surface area (Å²) in [5.74, 6) is 2.86. The zero-order valence-electron chi connectivity index (χ0n) is 21.6. The maximum Gasteiger partial charge on any atom is 0.307 e. The Hall–Kier alpha value is -1.99. The number of carbonyl (C=O) groups is 1. The number of piperidine rings is 1. The Morgan fingerprint density at radius 2 is 2.09 bits per heavy atom. The van der Waals surface area contributed by atoms with Gasteiger partial charge in [0, 0.05) is 47.8 Å². The molecule has 2 N–H and O–H groups in total. The Morgan fingerprint density at radius 3 is 2.80 bits per heavy atom. The second-order valence-electron chi connectivity index (χ2n) is 12.4. The minimum atomic E-state index is -0.469. The third kappa shape index (κ3) is 3.81. The first-order valence-electron chi connectivity index (χ1n) is 13.5. The summed E-state index contributed by atoms with van der Waals surface area (Å²) < 4.78 is 18.0. The lowest BCUT2D eigenvalue weighted by Gasteiger charge is -2.59. The molecule has 2 aliphatic heterocycles. The molecular formula is C28H40N2O5. The molecule has 0 aromatic heterocycles. The van der Waals surface area contributed by atoms with Gasteiger partial charge in [0.1, 0.15) is 17.5 Å². The van der Waals surface area contributed by atoms with Crippen molar-refractivity contribution in [2.24, 2.45) is 11.8 Å². The number of benzene rings is 1. The number of carbonyl (C=O) groups excluding carboxylic acids is 1. The largest absolute Gasteiger partial charge is 0.504 e. The molecule has 5 aliphatic rings. The third-order valence-corrected chi connectivity index (χ3v) is 9.09. The Morgan fingerprint density at radius 1 is 1.29 bits per heavy atom. The van der Waals surface area contributed by atoms with E-state index in [0.717, 1.165) is 43.9 Å². The smallest absolute Gasteiger partial charge is 0.307 e. The molecule has 3 aliphatic carbocycles. The number of hydrogen-bond donors (Lipinski definition) is 2. The van der Waals surface area contributed by atoms with Gasteiger partial charge in [0.05, 0.1) is 13.5 Å². The summed E-state index contributed by atoms with van der Waals surface area (Å²) in [6, 6.07) is 2.37. The van der Waals surface area contributed by atoms with E-state index in [1.54, 1.807) is 13.2 Å². The van der Waals surface area contributed by atoms with Crippen LogP contribution in [0.25, 0.3) is 0 Å². The molecule has 0 amide bonds. The molecule has 1 aromatic carbocycles. The first kappa shape index (κ1) is 23.4. The summed E-state index contributed by atoms with van der Waals surface area (Å²) in [6.45, 7) is 8.55. The van der Waals surface area contributed by atoms with Gasteiger partial charge in [-0.25, -0.2) is 0 Å². The van der Waals surface area contributed by atoms with Crippen LogP contribution in [0.2, 0.25) is 0 Å². The second-order valence-corrected chi connectivity index (χ2v) is 12.4. The molecule has 192 valence electrons. The highest BCUT2D eigenvalue weighted by Crippen LogP contribution is 2.65. The van der Waals surface area contributed by atoms with Crippen molar-refractivity contribution in [2.75, 3.05) is 26.7 Å². The quantitative estimate of drug-likeness (QED) is 0.573. The molecule has 2 heterocycles. The molecule has 1 spiro atoms. The SMILES string of the molecule is COc1cc(O)c2c3c1C[C@@H]1[C@@H]4CC[C@H](NCCC(=O)OC(C)(C)C)[C@H](O2)[C@]34CCN1CC1CC1. The number of nitrogens with one attached hydrogen (secondary N) is 1. The molecule has 1 saturated heterocycles. The van der Waals surface area contributed by atoms with E-state index in [-0.39, 0.29) is 29.3 Å². The lowest BCUT2D eigenvalue weighted by atomic mass is 9.51. The molecule has 7 nitrogen and oxygen atoms in total. The maximum atomic E-state index is 12.3. The minimum absolute atomic E-state index is 0.0440. The monoisotopic (exact) mass is 484 g/mol.